The number of hydrogen-bond donors (Lipinski definition) is 0. The third-order valence-corrected chi connectivity index (χ3v) is 2.70. The van der Waals surface area contributed by atoms with E-state index in [4.69, 9.17) is 27.9 Å². The minimum Gasteiger partial charge on any atom is -0.462 e. The van der Waals surface area contributed by atoms with Crippen LogP contribution < -0.4 is 0 Å². The van der Waals surface area contributed by atoms with Crippen LogP contribution in [0.4, 0.5) is 0 Å². The number of hydrogen-bond acceptors (Lipinski definition) is 3. The topological polar surface area (TPSA) is 43.4 Å². The summed E-state index contributed by atoms with van der Waals surface area (Å²) in [5.74, 6) is -1.03. The maximum Gasteiger partial charge on any atom is 0.341 e. The summed E-state index contributed by atoms with van der Waals surface area (Å²) in [5, 5.41) is 0.850. The van der Waals surface area contributed by atoms with Gasteiger partial charge >= 0.3 is 5.97 Å². The maximum absolute atomic E-state index is 11.6. The van der Waals surface area contributed by atoms with Crippen molar-refractivity contribution >= 4 is 41.0 Å². The lowest BCUT2D eigenvalue weighted by atomic mass is 10.1. The van der Waals surface area contributed by atoms with Gasteiger partial charge in [0.05, 0.1) is 6.61 Å². The van der Waals surface area contributed by atoms with E-state index in [-0.39, 0.29) is 18.0 Å². The monoisotopic (exact) mass is 286 g/mol. The van der Waals surface area contributed by atoms with Gasteiger partial charge in [-0.3, -0.25) is 4.79 Å². The smallest absolute Gasteiger partial charge is 0.341 e. The molecule has 0 aliphatic heterocycles. The number of rotatable bonds is 4. The van der Waals surface area contributed by atoms with Crippen molar-refractivity contribution in [2.24, 2.45) is 0 Å². The second kappa shape index (κ2) is 6.57. The molecule has 0 N–H and O–H groups in total. The Morgan fingerprint density at radius 3 is 2.50 bits per heavy atom. The summed E-state index contributed by atoms with van der Waals surface area (Å²) in [6.45, 7) is 3.18. The van der Waals surface area contributed by atoms with Crippen LogP contribution in [0.5, 0.6) is 0 Å². The summed E-state index contributed by atoms with van der Waals surface area (Å²) in [5.41, 5.74) is 0.500. The summed E-state index contributed by atoms with van der Waals surface area (Å²) < 4.78 is 4.80. The molecule has 0 saturated heterocycles. The number of halogens is 2. The fourth-order valence-electron chi connectivity index (χ4n) is 1.29. The van der Waals surface area contributed by atoms with Gasteiger partial charge in [0.25, 0.3) is 0 Å². The van der Waals surface area contributed by atoms with Crippen LogP contribution in [0.3, 0.4) is 0 Å². The van der Waals surface area contributed by atoms with E-state index in [1.54, 1.807) is 19.1 Å². The Morgan fingerprint density at radius 2 is 2.00 bits per heavy atom. The van der Waals surface area contributed by atoms with Crippen LogP contribution in [0.1, 0.15) is 19.4 Å². The molecule has 1 aromatic rings. The van der Waals surface area contributed by atoms with Crippen molar-refractivity contribution in [2.75, 3.05) is 6.61 Å². The van der Waals surface area contributed by atoms with Gasteiger partial charge < -0.3 is 4.74 Å². The first-order valence-electron chi connectivity index (χ1n) is 5.30. The molecule has 0 bridgehead atoms. The molecule has 0 fully saturated rings. The van der Waals surface area contributed by atoms with Crippen molar-refractivity contribution in [3.8, 4) is 0 Å². The summed E-state index contributed by atoms with van der Waals surface area (Å²) >= 11 is 11.7. The van der Waals surface area contributed by atoms with Crippen molar-refractivity contribution in [3.05, 3.63) is 39.4 Å². The van der Waals surface area contributed by atoms with Gasteiger partial charge in [-0.25, -0.2) is 4.79 Å². The Bertz CT molecular complexity index is 507. The Hall–Kier alpha value is -1.32. The quantitative estimate of drug-likeness (QED) is 0.368. The first-order chi connectivity index (χ1) is 8.45. The SMILES string of the molecule is CCOC(=O)/C(=C\c1ccc(Cl)cc1Cl)C(C)=O. The average Bonchev–Trinajstić information content (AvgIpc) is 2.27. The second-order valence-corrected chi connectivity index (χ2v) is 4.34. The van der Waals surface area contributed by atoms with Crippen LogP contribution in [0.15, 0.2) is 23.8 Å². The highest BCUT2D eigenvalue weighted by molar-refractivity contribution is 6.35. The summed E-state index contributed by atoms with van der Waals surface area (Å²) in [7, 11) is 0. The number of esters is 1. The van der Waals surface area contributed by atoms with Crippen molar-refractivity contribution in [2.45, 2.75) is 13.8 Å². The molecule has 96 valence electrons. The standard InChI is InChI=1S/C13H12Cl2O3/c1-3-18-13(17)11(8(2)16)6-9-4-5-10(14)7-12(9)15/h4-7H,3H2,1-2H3/b11-6-. The molecule has 0 atom stereocenters. The van der Waals surface area contributed by atoms with Gasteiger partial charge in [0, 0.05) is 10.0 Å². The van der Waals surface area contributed by atoms with Gasteiger partial charge in [0.15, 0.2) is 5.78 Å². The Balaban J connectivity index is 3.16. The van der Waals surface area contributed by atoms with Crippen LogP contribution in [0, 0.1) is 0 Å². The van der Waals surface area contributed by atoms with Crippen molar-refractivity contribution in [3.63, 3.8) is 0 Å². The Morgan fingerprint density at radius 1 is 1.33 bits per heavy atom. The number of carbonyl (C=O) groups excluding carboxylic acids is 2. The maximum atomic E-state index is 11.6. The third kappa shape index (κ3) is 3.86. The largest absolute Gasteiger partial charge is 0.462 e. The predicted octanol–water partition coefficient (Wildman–Crippen LogP) is 3.53. The van der Waals surface area contributed by atoms with E-state index >= 15 is 0 Å². The molecule has 1 aromatic carbocycles. The Labute approximate surface area is 115 Å². The zero-order valence-electron chi connectivity index (χ0n) is 10.00. The normalized spacial score (nSPS) is 11.2. The number of Topliss-reactive ketones (excluding diaryl/α,β-unsaturated/α-hetero) is 1. The van der Waals surface area contributed by atoms with E-state index in [1.165, 1.54) is 19.1 Å². The molecule has 0 spiro atoms. The minimum absolute atomic E-state index is 0.0407. The number of ether oxygens (including phenoxy) is 1. The molecule has 0 radical (unpaired) electrons. The number of benzene rings is 1. The van der Waals surface area contributed by atoms with Crippen molar-refractivity contribution in [1.82, 2.24) is 0 Å². The van der Waals surface area contributed by atoms with Gasteiger partial charge in [0.2, 0.25) is 0 Å². The zero-order chi connectivity index (χ0) is 13.7. The first kappa shape index (κ1) is 14.7. The average molecular weight is 287 g/mol. The Kier molecular flexibility index (Phi) is 5.38. The van der Waals surface area contributed by atoms with E-state index in [1.807, 2.05) is 0 Å². The van der Waals surface area contributed by atoms with Gasteiger partial charge in [-0.15, -0.1) is 0 Å². The lowest BCUT2D eigenvalue weighted by Crippen LogP contribution is -2.13. The van der Waals surface area contributed by atoms with Crippen LogP contribution in [0.25, 0.3) is 6.08 Å². The van der Waals surface area contributed by atoms with Gasteiger partial charge in [-0.05, 0) is 37.6 Å². The predicted molar refractivity (Wildman–Crippen MR) is 71.8 cm³/mol. The highest BCUT2D eigenvalue weighted by Crippen LogP contribution is 2.23. The summed E-state index contributed by atoms with van der Waals surface area (Å²) in [6.07, 6.45) is 1.40. The molecule has 0 aliphatic carbocycles. The van der Waals surface area contributed by atoms with E-state index in [0.29, 0.717) is 15.6 Å². The lowest BCUT2D eigenvalue weighted by Gasteiger charge is -2.05. The fourth-order valence-corrected chi connectivity index (χ4v) is 1.75. The van der Waals surface area contributed by atoms with E-state index in [2.05, 4.69) is 0 Å². The zero-order valence-corrected chi connectivity index (χ0v) is 11.5. The van der Waals surface area contributed by atoms with Crippen LogP contribution in [-0.4, -0.2) is 18.4 Å². The minimum atomic E-state index is -0.656. The van der Waals surface area contributed by atoms with E-state index < -0.39 is 5.97 Å². The van der Waals surface area contributed by atoms with Gasteiger partial charge in [-0.1, -0.05) is 29.3 Å². The third-order valence-electron chi connectivity index (χ3n) is 2.14. The number of ketones is 1. The van der Waals surface area contributed by atoms with Crippen molar-refractivity contribution in [1.29, 1.82) is 0 Å². The molecule has 0 amide bonds. The molecule has 0 saturated carbocycles. The van der Waals surface area contributed by atoms with E-state index in [0.717, 1.165) is 0 Å². The van der Waals surface area contributed by atoms with E-state index in [9.17, 15) is 9.59 Å². The molecule has 0 aliphatic rings. The van der Waals surface area contributed by atoms with Gasteiger partial charge in [0.1, 0.15) is 5.57 Å². The fraction of sp³-hybridized carbons (Fsp3) is 0.231. The lowest BCUT2D eigenvalue weighted by molar-refractivity contribution is -0.139. The van der Waals surface area contributed by atoms with Crippen molar-refractivity contribution < 1.29 is 14.3 Å². The highest BCUT2D eigenvalue weighted by atomic mass is 35.5. The summed E-state index contributed by atoms with van der Waals surface area (Å²) in [6, 6.07) is 4.80. The molecule has 5 heteroatoms. The van der Waals surface area contributed by atoms with Crippen LogP contribution in [-0.2, 0) is 14.3 Å². The first-order valence-corrected chi connectivity index (χ1v) is 6.06. The van der Waals surface area contributed by atoms with Crippen LogP contribution in [0.2, 0.25) is 10.0 Å². The molecular weight excluding hydrogens is 275 g/mol. The molecule has 0 aromatic heterocycles. The molecular formula is C13H12Cl2O3. The molecule has 0 unspecified atom stereocenters. The van der Waals surface area contributed by atoms with Crippen LogP contribution >= 0.6 is 23.2 Å². The molecule has 18 heavy (non-hydrogen) atoms. The number of carbonyl (C=O) groups is 2. The molecule has 0 heterocycles. The second-order valence-electron chi connectivity index (χ2n) is 3.50. The molecule has 3 nitrogen and oxygen atoms in total. The summed E-state index contributed by atoms with van der Waals surface area (Å²) in [4.78, 5) is 23.0. The van der Waals surface area contributed by atoms with Gasteiger partial charge in [-0.2, -0.15) is 0 Å². The molecule has 1 rings (SSSR count). The highest BCUT2D eigenvalue weighted by Gasteiger charge is 2.16.